The molecule has 1 atom stereocenters. The highest BCUT2D eigenvalue weighted by molar-refractivity contribution is 5.87. The number of amides is 3. The molecule has 7 nitrogen and oxygen atoms in total. The van der Waals surface area contributed by atoms with Gasteiger partial charge in [0.1, 0.15) is 6.04 Å². The smallest absolute Gasteiger partial charge is 0.238 e. The molecule has 0 aliphatic carbocycles. The van der Waals surface area contributed by atoms with Crippen molar-refractivity contribution in [1.29, 1.82) is 0 Å². The van der Waals surface area contributed by atoms with Crippen LogP contribution in [0.25, 0.3) is 0 Å². The molecular formula is C11H20N4O3. The fourth-order valence-corrected chi connectivity index (χ4v) is 1.57. The third kappa shape index (κ3) is 5.13. The predicted molar refractivity (Wildman–Crippen MR) is 65.7 cm³/mol. The summed E-state index contributed by atoms with van der Waals surface area (Å²) in [7, 11) is 0. The van der Waals surface area contributed by atoms with Crippen molar-refractivity contribution in [3.63, 3.8) is 0 Å². The lowest BCUT2D eigenvalue weighted by atomic mass is 10.2. The minimum Gasteiger partial charge on any atom is -0.354 e. The van der Waals surface area contributed by atoms with Crippen molar-refractivity contribution in [2.45, 2.75) is 32.4 Å². The molecule has 4 N–H and O–H groups in total. The highest BCUT2D eigenvalue weighted by Gasteiger charge is 2.23. The molecule has 3 amide bonds. The third-order valence-corrected chi connectivity index (χ3v) is 2.43. The largest absolute Gasteiger partial charge is 0.354 e. The van der Waals surface area contributed by atoms with E-state index in [9.17, 15) is 14.4 Å². The van der Waals surface area contributed by atoms with Gasteiger partial charge in [-0.1, -0.05) is 0 Å². The second-order valence-electron chi connectivity index (χ2n) is 4.50. The summed E-state index contributed by atoms with van der Waals surface area (Å²) in [5.74, 6) is -0.405. The average Bonchev–Trinajstić information content (AvgIpc) is 2.28. The summed E-state index contributed by atoms with van der Waals surface area (Å²) >= 11 is 0. The zero-order valence-corrected chi connectivity index (χ0v) is 10.7. The lowest BCUT2D eigenvalue weighted by Crippen LogP contribution is -2.58. The van der Waals surface area contributed by atoms with Gasteiger partial charge in [0, 0.05) is 25.6 Å². The highest BCUT2D eigenvalue weighted by atomic mass is 16.2. The Kier molecular flexibility index (Phi) is 5.57. The van der Waals surface area contributed by atoms with Gasteiger partial charge in [-0.2, -0.15) is 0 Å². The van der Waals surface area contributed by atoms with Crippen LogP contribution in [0.15, 0.2) is 0 Å². The van der Waals surface area contributed by atoms with Crippen molar-refractivity contribution in [1.82, 2.24) is 21.3 Å². The maximum atomic E-state index is 11.7. The second-order valence-corrected chi connectivity index (χ2v) is 4.50. The lowest BCUT2D eigenvalue weighted by molar-refractivity contribution is -0.126. The molecule has 1 saturated heterocycles. The minimum atomic E-state index is -0.421. The Morgan fingerprint density at radius 3 is 2.72 bits per heavy atom. The maximum absolute atomic E-state index is 11.7. The van der Waals surface area contributed by atoms with Crippen LogP contribution in [0.3, 0.4) is 0 Å². The van der Waals surface area contributed by atoms with Crippen LogP contribution in [-0.4, -0.2) is 49.4 Å². The molecule has 0 saturated carbocycles. The number of carbonyl (C=O) groups is 3. The van der Waals surface area contributed by atoms with Crippen molar-refractivity contribution < 1.29 is 14.4 Å². The summed E-state index contributed by atoms with van der Waals surface area (Å²) in [5.41, 5.74) is 0. The zero-order valence-electron chi connectivity index (χ0n) is 10.7. The fraction of sp³-hybridized carbons (Fsp3) is 0.727. The van der Waals surface area contributed by atoms with E-state index in [4.69, 9.17) is 0 Å². The van der Waals surface area contributed by atoms with Gasteiger partial charge < -0.3 is 16.0 Å². The number of nitrogens with one attached hydrogen (secondary N) is 4. The first kappa shape index (κ1) is 14.4. The van der Waals surface area contributed by atoms with Gasteiger partial charge in [0.05, 0.1) is 6.54 Å². The minimum absolute atomic E-state index is 0.0878. The summed E-state index contributed by atoms with van der Waals surface area (Å²) in [6.07, 6.45) is 0.253. The standard InChI is InChI=1S/C11H20N4O3/c1-7(2)15-9(16)3-4-12-11(18)8-5-14-10(17)6-13-8/h7-8,13H,3-6H2,1-2H3,(H,12,18)(H,14,17)(H,15,16). The molecule has 0 aromatic carbocycles. The third-order valence-electron chi connectivity index (χ3n) is 2.43. The Bertz CT molecular complexity index is 320. The van der Waals surface area contributed by atoms with E-state index in [0.717, 1.165) is 0 Å². The van der Waals surface area contributed by atoms with Crippen molar-refractivity contribution in [3.05, 3.63) is 0 Å². The molecule has 18 heavy (non-hydrogen) atoms. The average molecular weight is 256 g/mol. The first-order valence-electron chi connectivity index (χ1n) is 6.06. The number of hydrogen-bond acceptors (Lipinski definition) is 4. The molecule has 1 fully saturated rings. The van der Waals surface area contributed by atoms with Crippen molar-refractivity contribution >= 4 is 17.7 Å². The topological polar surface area (TPSA) is 99.3 Å². The van der Waals surface area contributed by atoms with Gasteiger partial charge in [-0.3, -0.25) is 19.7 Å². The first-order valence-corrected chi connectivity index (χ1v) is 6.06. The Balaban J connectivity index is 2.17. The van der Waals surface area contributed by atoms with Crippen LogP contribution in [0.5, 0.6) is 0 Å². The lowest BCUT2D eigenvalue weighted by Gasteiger charge is -2.23. The Morgan fingerprint density at radius 2 is 2.17 bits per heavy atom. The zero-order chi connectivity index (χ0) is 13.5. The van der Waals surface area contributed by atoms with E-state index in [1.165, 1.54) is 0 Å². The molecule has 1 aliphatic rings. The van der Waals surface area contributed by atoms with Gasteiger partial charge in [0.15, 0.2) is 0 Å². The van der Waals surface area contributed by atoms with Crippen LogP contribution in [0.1, 0.15) is 20.3 Å². The normalized spacial score (nSPS) is 19.3. The van der Waals surface area contributed by atoms with Crippen LogP contribution < -0.4 is 21.3 Å². The van der Waals surface area contributed by atoms with E-state index in [0.29, 0.717) is 6.54 Å². The molecule has 102 valence electrons. The Hall–Kier alpha value is -1.63. The van der Waals surface area contributed by atoms with E-state index >= 15 is 0 Å². The van der Waals surface area contributed by atoms with Crippen molar-refractivity contribution in [3.8, 4) is 0 Å². The van der Waals surface area contributed by atoms with Crippen LogP contribution in [0, 0.1) is 0 Å². The second kappa shape index (κ2) is 6.95. The monoisotopic (exact) mass is 256 g/mol. The summed E-state index contributed by atoms with van der Waals surface area (Å²) in [6.45, 7) is 4.48. The van der Waals surface area contributed by atoms with Gasteiger partial charge in [-0.25, -0.2) is 0 Å². The van der Waals surface area contributed by atoms with Crippen LogP contribution in [-0.2, 0) is 14.4 Å². The summed E-state index contributed by atoms with van der Waals surface area (Å²) in [6, 6.07) is -0.320. The SMILES string of the molecule is CC(C)NC(=O)CCNC(=O)C1CNC(=O)CN1. The van der Waals surface area contributed by atoms with Crippen LogP contribution in [0.2, 0.25) is 0 Å². The first-order chi connectivity index (χ1) is 8.49. The predicted octanol–water partition coefficient (Wildman–Crippen LogP) is -1.89. The molecule has 0 bridgehead atoms. The van der Waals surface area contributed by atoms with Gasteiger partial charge in [0.25, 0.3) is 0 Å². The number of carbonyl (C=O) groups excluding carboxylic acids is 3. The number of piperazine rings is 1. The van der Waals surface area contributed by atoms with Gasteiger partial charge in [0.2, 0.25) is 17.7 Å². The van der Waals surface area contributed by atoms with E-state index in [2.05, 4.69) is 21.3 Å². The number of hydrogen-bond donors (Lipinski definition) is 4. The van der Waals surface area contributed by atoms with Gasteiger partial charge >= 0.3 is 0 Å². The van der Waals surface area contributed by atoms with E-state index < -0.39 is 6.04 Å². The molecule has 0 aromatic heterocycles. The van der Waals surface area contributed by atoms with Crippen molar-refractivity contribution in [2.75, 3.05) is 19.6 Å². The summed E-state index contributed by atoms with van der Waals surface area (Å²) in [5, 5.41) is 10.8. The van der Waals surface area contributed by atoms with E-state index in [-0.39, 0.29) is 43.3 Å². The van der Waals surface area contributed by atoms with Crippen LogP contribution >= 0.6 is 0 Å². The van der Waals surface area contributed by atoms with Gasteiger partial charge in [-0.05, 0) is 13.8 Å². The molecule has 7 heteroatoms. The fourth-order valence-electron chi connectivity index (χ4n) is 1.57. The maximum Gasteiger partial charge on any atom is 0.238 e. The van der Waals surface area contributed by atoms with Gasteiger partial charge in [-0.15, -0.1) is 0 Å². The van der Waals surface area contributed by atoms with E-state index in [1.807, 2.05) is 13.8 Å². The summed E-state index contributed by atoms with van der Waals surface area (Å²) in [4.78, 5) is 33.9. The molecule has 1 unspecified atom stereocenters. The van der Waals surface area contributed by atoms with Crippen LogP contribution in [0.4, 0.5) is 0 Å². The Morgan fingerprint density at radius 1 is 1.44 bits per heavy atom. The number of rotatable bonds is 5. The molecule has 1 aliphatic heterocycles. The molecule has 1 heterocycles. The Labute approximate surface area is 106 Å². The molecule has 1 rings (SSSR count). The molecule has 0 radical (unpaired) electrons. The highest BCUT2D eigenvalue weighted by Crippen LogP contribution is 1.89. The van der Waals surface area contributed by atoms with E-state index in [1.54, 1.807) is 0 Å². The molecule has 0 spiro atoms. The summed E-state index contributed by atoms with van der Waals surface area (Å²) < 4.78 is 0. The molecule has 0 aromatic rings. The van der Waals surface area contributed by atoms with Crippen molar-refractivity contribution in [2.24, 2.45) is 0 Å². The quantitative estimate of drug-likeness (QED) is 0.462. The molecular weight excluding hydrogens is 236 g/mol.